The first-order valence-electron chi connectivity index (χ1n) is 8.46. The molecule has 0 aromatic heterocycles. The quantitative estimate of drug-likeness (QED) is 0.878. The minimum Gasteiger partial charge on any atom is -0.392 e. The molecular formula is C20H23FN2O2. The van der Waals surface area contributed by atoms with Gasteiger partial charge in [-0.15, -0.1) is 0 Å². The third-order valence-corrected chi connectivity index (χ3v) is 4.90. The summed E-state index contributed by atoms with van der Waals surface area (Å²) in [7, 11) is 1.79. The van der Waals surface area contributed by atoms with Crippen molar-refractivity contribution < 1.29 is 14.3 Å². The van der Waals surface area contributed by atoms with Crippen LogP contribution < -0.4 is 5.32 Å². The van der Waals surface area contributed by atoms with Crippen LogP contribution in [-0.2, 0) is 11.4 Å². The van der Waals surface area contributed by atoms with Crippen LogP contribution in [0, 0.1) is 5.82 Å². The number of aliphatic hydroxyl groups is 1. The Morgan fingerprint density at radius 3 is 2.68 bits per heavy atom. The lowest BCUT2D eigenvalue weighted by molar-refractivity contribution is -0.127. The van der Waals surface area contributed by atoms with Crippen molar-refractivity contribution in [3.8, 4) is 0 Å². The molecule has 1 heterocycles. The topological polar surface area (TPSA) is 52.6 Å². The van der Waals surface area contributed by atoms with Gasteiger partial charge in [0.15, 0.2) is 0 Å². The standard InChI is InChI=1S/C20H23FN2O2/c1-13(16-5-3-4-14(10-16)12-24)22-18-11-19(25)23(2)20(18)15-6-8-17(21)9-7-15/h3-10,13,18,20,22,24H,11-12H2,1-2H3/t13-,18-,20-/m0/s1. The fourth-order valence-electron chi connectivity index (χ4n) is 3.51. The number of benzene rings is 2. The highest BCUT2D eigenvalue weighted by molar-refractivity contribution is 5.80. The van der Waals surface area contributed by atoms with Gasteiger partial charge in [-0.25, -0.2) is 4.39 Å². The molecule has 1 fully saturated rings. The van der Waals surface area contributed by atoms with Crippen molar-refractivity contribution in [2.24, 2.45) is 0 Å². The van der Waals surface area contributed by atoms with E-state index in [1.165, 1.54) is 12.1 Å². The van der Waals surface area contributed by atoms with Gasteiger partial charge in [-0.1, -0.05) is 36.4 Å². The van der Waals surface area contributed by atoms with E-state index in [0.717, 1.165) is 16.7 Å². The normalized spacial score (nSPS) is 21.6. The molecule has 1 aliphatic rings. The Morgan fingerprint density at radius 2 is 2.00 bits per heavy atom. The van der Waals surface area contributed by atoms with E-state index in [9.17, 15) is 14.3 Å². The zero-order chi connectivity index (χ0) is 18.0. The summed E-state index contributed by atoms with van der Waals surface area (Å²) in [5, 5.41) is 12.8. The lowest BCUT2D eigenvalue weighted by atomic mass is 9.98. The summed E-state index contributed by atoms with van der Waals surface area (Å²) in [5.74, 6) is -0.211. The predicted molar refractivity (Wildman–Crippen MR) is 94.2 cm³/mol. The zero-order valence-electron chi connectivity index (χ0n) is 14.4. The van der Waals surface area contributed by atoms with Gasteiger partial charge in [0.2, 0.25) is 5.91 Å². The summed E-state index contributed by atoms with van der Waals surface area (Å²) < 4.78 is 13.2. The zero-order valence-corrected chi connectivity index (χ0v) is 14.4. The number of nitrogens with one attached hydrogen (secondary N) is 1. The second-order valence-electron chi connectivity index (χ2n) is 6.60. The highest BCUT2D eigenvalue weighted by Gasteiger charge is 2.39. The van der Waals surface area contributed by atoms with Crippen LogP contribution in [0.25, 0.3) is 0 Å². The van der Waals surface area contributed by atoms with Crippen molar-refractivity contribution in [1.82, 2.24) is 10.2 Å². The molecule has 2 N–H and O–H groups in total. The highest BCUT2D eigenvalue weighted by atomic mass is 19.1. The molecular weight excluding hydrogens is 319 g/mol. The molecule has 0 saturated carbocycles. The van der Waals surface area contributed by atoms with Crippen molar-refractivity contribution in [1.29, 1.82) is 0 Å². The molecule has 0 radical (unpaired) electrons. The maximum Gasteiger partial charge on any atom is 0.224 e. The number of likely N-dealkylation sites (N-methyl/N-ethyl adjacent to an activating group) is 1. The van der Waals surface area contributed by atoms with Crippen LogP contribution in [0.2, 0.25) is 0 Å². The van der Waals surface area contributed by atoms with Crippen LogP contribution in [0.5, 0.6) is 0 Å². The number of hydrogen-bond donors (Lipinski definition) is 2. The van der Waals surface area contributed by atoms with Crippen LogP contribution in [-0.4, -0.2) is 29.0 Å². The van der Waals surface area contributed by atoms with Gasteiger partial charge in [-0.05, 0) is 35.7 Å². The molecule has 25 heavy (non-hydrogen) atoms. The summed E-state index contributed by atoms with van der Waals surface area (Å²) >= 11 is 0. The molecule has 0 aliphatic carbocycles. The van der Waals surface area contributed by atoms with E-state index in [1.807, 2.05) is 31.2 Å². The number of nitrogens with zero attached hydrogens (tertiary/aromatic N) is 1. The van der Waals surface area contributed by atoms with E-state index >= 15 is 0 Å². The van der Waals surface area contributed by atoms with Gasteiger partial charge in [-0.3, -0.25) is 4.79 Å². The molecule has 3 rings (SSSR count). The van der Waals surface area contributed by atoms with Gasteiger partial charge < -0.3 is 15.3 Å². The van der Waals surface area contributed by atoms with Gasteiger partial charge in [0.1, 0.15) is 5.82 Å². The smallest absolute Gasteiger partial charge is 0.224 e. The molecule has 1 aliphatic heterocycles. The van der Waals surface area contributed by atoms with Crippen LogP contribution in [0.4, 0.5) is 4.39 Å². The van der Waals surface area contributed by atoms with Crippen molar-refractivity contribution >= 4 is 5.91 Å². The maximum atomic E-state index is 13.2. The fraction of sp³-hybridized carbons (Fsp3) is 0.350. The first-order valence-corrected chi connectivity index (χ1v) is 8.46. The monoisotopic (exact) mass is 342 g/mol. The number of carbonyl (C=O) groups is 1. The second-order valence-corrected chi connectivity index (χ2v) is 6.60. The van der Waals surface area contributed by atoms with Gasteiger partial charge in [0.25, 0.3) is 0 Å². The van der Waals surface area contributed by atoms with Gasteiger partial charge >= 0.3 is 0 Å². The molecule has 2 aromatic rings. The third kappa shape index (κ3) is 3.72. The third-order valence-electron chi connectivity index (χ3n) is 4.90. The summed E-state index contributed by atoms with van der Waals surface area (Å²) in [6.07, 6.45) is 0.405. The van der Waals surface area contributed by atoms with Crippen molar-refractivity contribution in [2.75, 3.05) is 7.05 Å². The number of amides is 1. The van der Waals surface area contributed by atoms with E-state index in [1.54, 1.807) is 24.1 Å². The van der Waals surface area contributed by atoms with Crippen molar-refractivity contribution in [3.05, 3.63) is 71.0 Å². The molecule has 0 bridgehead atoms. The lowest BCUT2D eigenvalue weighted by Gasteiger charge is -2.28. The van der Waals surface area contributed by atoms with E-state index in [-0.39, 0.29) is 36.5 Å². The molecule has 0 unspecified atom stereocenters. The number of aliphatic hydroxyl groups excluding tert-OH is 1. The Morgan fingerprint density at radius 1 is 1.28 bits per heavy atom. The maximum absolute atomic E-state index is 13.2. The largest absolute Gasteiger partial charge is 0.392 e. The molecule has 5 heteroatoms. The van der Waals surface area contributed by atoms with Crippen LogP contribution in [0.1, 0.15) is 42.1 Å². The molecule has 1 amide bonds. The fourth-order valence-corrected chi connectivity index (χ4v) is 3.51. The molecule has 3 atom stereocenters. The van der Waals surface area contributed by atoms with E-state index in [4.69, 9.17) is 0 Å². The first kappa shape index (κ1) is 17.6. The predicted octanol–water partition coefficient (Wildman–Crippen LogP) is 2.94. The first-order chi connectivity index (χ1) is 12.0. The number of hydrogen-bond acceptors (Lipinski definition) is 3. The Labute approximate surface area is 147 Å². The summed E-state index contributed by atoms with van der Waals surface area (Å²) in [6, 6.07) is 13.9. The number of halogens is 1. The summed E-state index contributed by atoms with van der Waals surface area (Å²) in [4.78, 5) is 14.0. The van der Waals surface area contributed by atoms with Gasteiger partial charge in [0.05, 0.1) is 12.6 Å². The Kier molecular flexibility index (Phi) is 5.16. The van der Waals surface area contributed by atoms with Gasteiger partial charge in [0, 0.05) is 25.6 Å². The lowest BCUT2D eigenvalue weighted by Crippen LogP contribution is -2.36. The molecule has 0 spiro atoms. The average Bonchev–Trinajstić information content (AvgIpc) is 2.89. The molecule has 1 saturated heterocycles. The number of rotatable bonds is 5. The van der Waals surface area contributed by atoms with Crippen LogP contribution in [0.15, 0.2) is 48.5 Å². The van der Waals surface area contributed by atoms with Crippen LogP contribution >= 0.6 is 0 Å². The Balaban J connectivity index is 1.81. The number of likely N-dealkylation sites (tertiary alicyclic amines) is 1. The van der Waals surface area contributed by atoms with E-state index in [2.05, 4.69) is 5.32 Å². The van der Waals surface area contributed by atoms with Crippen LogP contribution in [0.3, 0.4) is 0 Å². The Hall–Kier alpha value is -2.24. The average molecular weight is 342 g/mol. The highest BCUT2D eigenvalue weighted by Crippen LogP contribution is 2.33. The molecule has 2 aromatic carbocycles. The number of carbonyl (C=O) groups excluding carboxylic acids is 1. The minimum atomic E-state index is -0.283. The second kappa shape index (κ2) is 7.33. The SMILES string of the molecule is C[C@H](N[C@H]1CC(=O)N(C)[C@H]1c1ccc(F)cc1)c1cccc(CO)c1. The molecule has 4 nitrogen and oxygen atoms in total. The summed E-state index contributed by atoms with van der Waals surface area (Å²) in [5.41, 5.74) is 2.84. The van der Waals surface area contributed by atoms with E-state index in [0.29, 0.717) is 6.42 Å². The van der Waals surface area contributed by atoms with E-state index < -0.39 is 0 Å². The van der Waals surface area contributed by atoms with Gasteiger partial charge in [-0.2, -0.15) is 0 Å². The minimum absolute atomic E-state index is 0.00339. The summed E-state index contributed by atoms with van der Waals surface area (Å²) in [6.45, 7) is 2.05. The Bertz CT molecular complexity index is 748. The van der Waals surface area contributed by atoms with Crippen molar-refractivity contribution in [3.63, 3.8) is 0 Å². The molecule has 132 valence electrons. The van der Waals surface area contributed by atoms with Crippen molar-refractivity contribution in [2.45, 2.75) is 38.1 Å².